The van der Waals surface area contributed by atoms with Crippen LogP contribution in [0.4, 0.5) is 0 Å². The number of hydrazine groups is 1. The van der Waals surface area contributed by atoms with Gasteiger partial charge in [0.1, 0.15) is 0 Å². The largest absolute Gasteiger partial charge is 0.454 e. The lowest BCUT2D eigenvalue weighted by Gasteiger charge is -2.05. The molecule has 1 saturated carbocycles. The van der Waals surface area contributed by atoms with Crippen LogP contribution in [0.5, 0.6) is 11.5 Å². The van der Waals surface area contributed by atoms with Crippen LogP contribution in [-0.2, 0) is 14.4 Å². The lowest BCUT2D eigenvalue weighted by Crippen LogP contribution is -2.48. The Morgan fingerprint density at radius 2 is 1.92 bits per heavy atom. The fourth-order valence-electron chi connectivity index (χ4n) is 1.95. The van der Waals surface area contributed by atoms with Crippen LogP contribution in [0.15, 0.2) is 18.2 Å². The average Bonchev–Trinajstić information content (AvgIpc) is 3.23. The van der Waals surface area contributed by atoms with Gasteiger partial charge in [0.15, 0.2) is 11.5 Å². The van der Waals surface area contributed by atoms with Crippen molar-refractivity contribution < 1.29 is 23.9 Å². The summed E-state index contributed by atoms with van der Waals surface area (Å²) >= 11 is 6.03. The second-order valence-corrected chi connectivity index (χ2v) is 5.67. The second-order valence-electron chi connectivity index (χ2n) is 5.26. The van der Waals surface area contributed by atoms with Crippen LogP contribution >= 0.6 is 11.6 Å². The predicted molar refractivity (Wildman–Crippen MR) is 84.1 cm³/mol. The number of ether oxygens (including phenoxy) is 2. The predicted octanol–water partition coefficient (Wildman–Crippen LogP) is 0.508. The van der Waals surface area contributed by atoms with Crippen molar-refractivity contribution in [3.63, 3.8) is 0 Å². The van der Waals surface area contributed by atoms with E-state index in [4.69, 9.17) is 21.1 Å². The first kappa shape index (κ1) is 16.1. The SMILES string of the molecule is O=C(/C=C/c1cc(Cl)c2c(c1)OCO2)NNC(=O)C(=O)NC1CC1. The summed E-state index contributed by atoms with van der Waals surface area (Å²) in [6.45, 7) is 0.0949. The van der Waals surface area contributed by atoms with Crippen LogP contribution in [0.1, 0.15) is 18.4 Å². The molecule has 126 valence electrons. The van der Waals surface area contributed by atoms with Crippen molar-refractivity contribution in [3.8, 4) is 11.5 Å². The molecule has 3 amide bonds. The van der Waals surface area contributed by atoms with Gasteiger partial charge in [-0.25, -0.2) is 0 Å². The molecule has 8 nitrogen and oxygen atoms in total. The Balaban J connectivity index is 1.51. The molecule has 0 saturated heterocycles. The van der Waals surface area contributed by atoms with E-state index < -0.39 is 17.7 Å². The zero-order chi connectivity index (χ0) is 17.1. The molecule has 0 atom stereocenters. The Morgan fingerprint density at radius 1 is 1.12 bits per heavy atom. The maximum atomic E-state index is 11.7. The van der Waals surface area contributed by atoms with Crippen molar-refractivity contribution >= 4 is 35.4 Å². The molecular weight excluding hydrogens is 338 g/mol. The first-order valence-corrected chi connectivity index (χ1v) is 7.59. The summed E-state index contributed by atoms with van der Waals surface area (Å²) in [6, 6.07) is 3.34. The molecule has 9 heteroatoms. The van der Waals surface area contributed by atoms with E-state index in [0.29, 0.717) is 22.1 Å². The molecule has 1 aromatic rings. The molecule has 0 unspecified atom stereocenters. The highest BCUT2D eigenvalue weighted by Gasteiger charge is 2.26. The number of carbonyl (C=O) groups is 3. The number of benzene rings is 1. The summed E-state index contributed by atoms with van der Waals surface area (Å²) in [6.07, 6.45) is 4.41. The molecule has 1 fully saturated rings. The Labute approximate surface area is 142 Å². The van der Waals surface area contributed by atoms with Crippen molar-refractivity contribution in [1.82, 2.24) is 16.2 Å². The molecule has 1 heterocycles. The van der Waals surface area contributed by atoms with Gasteiger partial charge in [-0.2, -0.15) is 0 Å². The van der Waals surface area contributed by atoms with Crippen LogP contribution in [0.25, 0.3) is 6.08 Å². The van der Waals surface area contributed by atoms with E-state index in [9.17, 15) is 14.4 Å². The summed E-state index contributed by atoms with van der Waals surface area (Å²) in [7, 11) is 0. The van der Waals surface area contributed by atoms with Gasteiger partial charge in [0.2, 0.25) is 6.79 Å². The molecule has 3 N–H and O–H groups in total. The van der Waals surface area contributed by atoms with Crippen molar-refractivity contribution in [3.05, 3.63) is 28.8 Å². The van der Waals surface area contributed by atoms with Crippen LogP contribution in [0, 0.1) is 0 Å². The van der Waals surface area contributed by atoms with Crippen LogP contribution in [0.2, 0.25) is 5.02 Å². The molecular formula is C15H14ClN3O5. The van der Waals surface area contributed by atoms with Crippen LogP contribution < -0.4 is 25.6 Å². The minimum absolute atomic E-state index is 0.0644. The van der Waals surface area contributed by atoms with E-state index in [1.54, 1.807) is 12.1 Å². The molecule has 0 spiro atoms. The fourth-order valence-corrected chi connectivity index (χ4v) is 2.22. The standard InChI is InChI=1S/C15H14ClN3O5/c16-10-5-8(6-11-13(10)24-7-23-11)1-4-12(20)18-19-15(22)14(21)17-9-2-3-9/h1,4-6,9H,2-3,7H2,(H,17,21)(H,18,20)(H,19,22)/b4-1+. The third-order valence-electron chi connectivity index (χ3n) is 3.29. The molecule has 24 heavy (non-hydrogen) atoms. The maximum absolute atomic E-state index is 11.7. The van der Waals surface area contributed by atoms with E-state index in [2.05, 4.69) is 10.7 Å². The van der Waals surface area contributed by atoms with Gasteiger partial charge >= 0.3 is 11.8 Å². The molecule has 1 aliphatic heterocycles. The number of amides is 3. The Morgan fingerprint density at radius 3 is 2.67 bits per heavy atom. The highest BCUT2D eigenvalue weighted by atomic mass is 35.5. The molecule has 0 aromatic heterocycles. The van der Waals surface area contributed by atoms with E-state index in [1.165, 1.54) is 12.2 Å². The number of halogens is 1. The zero-order valence-electron chi connectivity index (χ0n) is 12.4. The van der Waals surface area contributed by atoms with Gasteiger partial charge in [0.25, 0.3) is 5.91 Å². The third-order valence-corrected chi connectivity index (χ3v) is 3.58. The highest BCUT2D eigenvalue weighted by Crippen LogP contribution is 2.39. The minimum Gasteiger partial charge on any atom is -0.454 e. The molecule has 1 aromatic carbocycles. The first-order valence-electron chi connectivity index (χ1n) is 7.21. The van der Waals surface area contributed by atoms with Gasteiger partial charge in [0, 0.05) is 12.1 Å². The molecule has 2 aliphatic rings. The summed E-state index contributed by atoms with van der Waals surface area (Å²) in [5.41, 5.74) is 4.77. The lowest BCUT2D eigenvalue weighted by atomic mass is 10.2. The number of fused-ring (bicyclic) bond motifs is 1. The normalized spacial score (nSPS) is 15.2. The summed E-state index contributed by atoms with van der Waals surface area (Å²) in [5.74, 6) is -1.34. The number of hydrogen-bond donors (Lipinski definition) is 3. The summed E-state index contributed by atoms with van der Waals surface area (Å²) in [4.78, 5) is 34.5. The van der Waals surface area contributed by atoms with E-state index in [-0.39, 0.29) is 12.8 Å². The summed E-state index contributed by atoms with van der Waals surface area (Å²) in [5, 5.41) is 2.88. The third kappa shape index (κ3) is 3.96. The first-order chi connectivity index (χ1) is 11.5. The number of carbonyl (C=O) groups excluding carboxylic acids is 3. The smallest absolute Gasteiger partial charge is 0.327 e. The van der Waals surface area contributed by atoms with E-state index >= 15 is 0 Å². The van der Waals surface area contributed by atoms with Gasteiger partial charge in [-0.05, 0) is 36.6 Å². The molecule has 3 rings (SSSR count). The minimum atomic E-state index is -0.922. The lowest BCUT2D eigenvalue weighted by molar-refractivity contribution is -0.140. The highest BCUT2D eigenvalue weighted by molar-refractivity contribution is 6.35. The number of hydrogen-bond acceptors (Lipinski definition) is 5. The monoisotopic (exact) mass is 351 g/mol. The maximum Gasteiger partial charge on any atom is 0.327 e. The van der Waals surface area contributed by atoms with Crippen molar-refractivity contribution in [1.29, 1.82) is 0 Å². The topological polar surface area (TPSA) is 106 Å². The number of nitrogens with one attached hydrogen (secondary N) is 3. The van der Waals surface area contributed by atoms with Gasteiger partial charge < -0.3 is 14.8 Å². The van der Waals surface area contributed by atoms with Crippen molar-refractivity contribution in [2.24, 2.45) is 0 Å². The quantitative estimate of drug-likeness (QED) is 0.418. The molecule has 0 bridgehead atoms. The molecule has 0 radical (unpaired) electrons. The van der Waals surface area contributed by atoms with E-state index in [1.807, 2.05) is 5.43 Å². The summed E-state index contributed by atoms with van der Waals surface area (Å²) < 4.78 is 10.4. The molecule has 1 aliphatic carbocycles. The Kier molecular flexibility index (Phi) is 4.57. The van der Waals surface area contributed by atoms with Gasteiger partial charge in [-0.1, -0.05) is 11.6 Å². The van der Waals surface area contributed by atoms with Crippen molar-refractivity contribution in [2.45, 2.75) is 18.9 Å². The van der Waals surface area contributed by atoms with Crippen LogP contribution in [-0.4, -0.2) is 30.6 Å². The Hall–Kier alpha value is -2.74. The van der Waals surface area contributed by atoms with Gasteiger partial charge in [-0.3, -0.25) is 25.2 Å². The number of rotatable bonds is 3. The van der Waals surface area contributed by atoms with E-state index in [0.717, 1.165) is 12.8 Å². The second kappa shape index (κ2) is 6.79. The van der Waals surface area contributed by atoms with Gasteiger partial charge in [0.05, 0.1) is 5.02 Å². The zero-order valence-corrected chi connectivity index (χ0v) is 13.2. The Bertz CT molecular complexity index is 730. The van der Waals surface area contributed by atoms with Crippen molar-refractivity contribution in [2.75, 3.05) is 6.79 Å². The fraction of sp³-hybridized carbons (Fsp3) is 0.267. The average molecular weight is 352 g/mol. The van der Waals surface area contributed by atoms with Crippen LogP contribution in [0.3, 0.4) is 0 Å². The van der Waals surface area contributed by atoms with Gasteiger partial charge in [-0.15, -0.1) is 0 Å².